The number of pyridine rings is 1. The summed E-state index contributed by atoms with van der Waals surface area (Å²) in [5, 5.41) is 4.55. The second-order valence-corrected chi connectivity index (χ2v) is 4.34. The van der Waals surface area contributed by atoms with Crippen LogP contribution in [-0.4, -0.2) is 15.1 Å². The summed E-state index contributed by atoms with van der Waals surface area (Å²) >= 11 is 5.93. The highest BCUT2D eigenvalue weighted by molar-refractivity contribution is 6.30. The maximum absolute atomic E-state index is 5.93. The second-order valence-electron chi connectivity index (χ2n) is 3.91. The molecule has 0 unspecified atom stereocenters. The van der Waals surface area contributed by atoms with Gasteiger partial charge in [-0.15, -0.1) is 0 Å². The SMILES string of the molecule is Nc1ccc(-c2nc(-c3cccc(Cl)c3)no2)cn1. The number of nitrogens with zero attached hydrogens (tertiary/aromatic N) is 3. The van der Waals surface area contributed by atoms with Crippen LogP contribution in [0, 0.1) is 0 Å². The van der Waals surface area contributed by atoms with Crippen molar-refractivity contribution in [3.05, 3.63) is 47.6 Å². The van der Waals surface area contributed by atoms with Gasteiger partial charge in [0.1, 0.15) is 5.82 Å². The van der Waals surface area contributed by atoms with Crippen molar-refractivity contribution in [3.8, 4) is 22.8 Å². The Kier molecular flexibility index (Phi) is 2.89. The standard InChI is InChI=1S/C13H9ClN4O/c14-10-3-1-2-8(6-10)12-17-13(19-18-12)9-4-5-11(15)16-7-9/h1-7H,(H2,15,16). The molecule has 0 amide bonds. The number of aromatic nitrogens is 3. The van der Waals surface area contributed by atoms with Gasteiger partial charge < -0.3 is 10.3 Å². The van der Waals surface area contributed by atoms with Crippen molar-refractivity contribution in [1.29, 1.82) is 0 Å². The number of rotatable bonds is 2. The van der Waals surface area contributed by atoms with Gasteiger partial charge in [0.25, 0.3) is 5.89 Å². The molecule has 2 aromatic heterocycles. The number of nitrogens with two attached hydrogens (primary N) is 1. The van der Waals surface area contributed by atoms with Gasteiger partial charge in [0.05, 0.1) is 5.56 Å². The van der Waals surface area contributed by atoms with E-state index in [1.165, 1.54) is 0 Å². The number of benzene rings is 1. The summed E-state index contributed by atoms with van der Waals surface area (Å²) in [7, 11) is 0. The minimum Gasteiger partial charge on any atom is -0.384 e. The van der Waals surface area contributed by atoms with Crippen molar-refractivity contribution in [3.63, 3.8) is 0 Å². The Hall–Kier alpha value is -2.40. The van der Waals surface area contributed by atoms with E-state index in [0.717, 1.165) is 11.1 Å². The van der Waals surface area contributed by atoms with E-state index in [9.17, 15) is 0 Å². The zero-order chi connectivity index (χ0) is 13.2. The van der Waals surface area contributed by atoms with Crippen LogP contribution in [0.25, 0.3) is 22.8 Å². The highest BCUT2D eigenvalue weighted by atomic mass is 35.5. The van der Waals surface area contributed by atoms with Crippen LogP contribution in [0.2, 0.25) is 5.02 Å². The minimum atomic E-state index is 0.391. The van der Waals surface area contributed by atoms with Gasteiger partial charge in [-0.25, -0.2) is 4.98 Å². The van der Waals surface area contributed by atoms with Gasteiger partial charge in [-0.3, -0.25) is 0 Å². The average Bonchev–Trinajstić information content (AvgIpc) is 2.89. The van der Waals surface area contributed by atoms with E-state index in [1.54, 1.807) is 30.5 Å². The molecule has 0 saturated heterocycles. The van der Waals surface area contributed by atoms with Gasteiger partial charge >= 0.3 is 0 Å². The Balaban J connectivity index is 1.97. The summed E-state index contributed by atoms with van der Waals surface area (Å²) in [6.07, 6.45) is 1.59. The first kappa shape index (κ1) is 11.7. The van der Waals surface area contributed by atoms with Crippen LogP contribution in [0.3, 0.4) is 0 Å². The van der Waals surface area contributed by atoms with Crippen molar-refractivity contribution in [2.24, 2.45) is 0 Å². The maximum Gasteiger partial charge on any atom is 0.259 e. The Morgan fingerprint density at radius 1 is 1.11 bits per heavy atom. The average molecular weight is 273 g/mol. The van der Waals surface area contributed by atoms with Gasteiger partial charge in [0.2, 0.25) is 5.82 Å². The molecule has 0 atom stereocenters. The number of halogens is 1. The Morgan fingerprint density at radius 2 is 2.00 bits per heavy atom. The number of hydrogen-bond donors (Lipinski definition) is 1. The molecule has 2 heterocycles. The Morgan fingerprint density at radius 3 is 2.74 bits per heavy atom. The maximum atomic E-state index is 5.93. The molecule has 0 fully saturated rings. The van der Waals surface area contributed by atoms with Crippen LogP contribution in [0.5, 0.6) is 0 Å². The van der Waals surface area contributed by atoms with E-state index in [0.29, 0.717) is 22.6 Å². The first-order valence-electron chi connectivity index (χ1n) is 5.54. The summed E-state index contributed by atoms with van der Waals surface area (Å²) in [5.74, 6) is 1.31. The first-order chi connectivity index (χ1) is 9.22. The first-order valence-corrected chi connectivity index (χ1v) is 5.92. The predicted molar refractivity (Wildman–Crippen MR) is 72.4 cm³/mol. The molecule has 19 heavy (non-hydrogen) atoms. The lowest BCUT2D eigenvalue weighted by molar-refractivity contribution is 0.432. The van der Waals surface area contributed by atoms with Gasteiger partial charge in [-0.05, 0) is 24.3 Å². The largest absolute Gasteiger partial charge is 0.384 e. The van der Waals surface area contributed by atoms with Crippen LogP contribution in [-0.2, 0) is 0 Å². The van der Waals surface area contributed by atoms with E-state index < -0.39 is 0 Å². The van der Waals surface area contributed by atoms with Crippen LogP contribution in [0.4, 0.5) is 5.82 Å². The molecule has 94 valence electrons. The smallest absolute Gasteiger partial charge is 0.259 e. The molecule has 0 aliphatic rings. The van der Waals surface area contributed by atoms with Gasteiger partial charge in [0, 0.05) is 16.8 Å². The van der Waals surface area contributed by atoms with Crippen LogP contribution < -0.4 is 5.73 Å². The molecule has 0 spiro atoms. The molecule has 1 aromatic carbocycles. The van der Waals surface area contributed by atoms with E-state index in [-0.39, 0.29) is 0 Å². The molecule has 0 aliphatic heterocycles. The Labute approximate surface area is 114 Å². The second kappa shape index (κ2) is 4.70. The predicted octanol–water partition coefficient (Wildman–Crippen LogP) is 3.03. The fourth-order valence-corrected chi connectivity index (χ4v) is 1.81. The highest BCUT2D eigenvalue weighted by Crippen LogP contribution is 2.23. The third-order valence-corrected chi connectivity index (χ3v) is 2.78. The lowest BCUT2D eigenvalue weighted by Gasteiger charge is -1.94. The van der Waals surface area contributed by atoms with Gasteiger partial charge in [0.15, 0.2) is 0 Å². The molecule has 3 aromatic rings. The molecule has 5 nitrogen and oxygen atoms in total. The number of anilines is 1. The summed E-state index contributed by atoms with van der Waals surface area (Å²) in [4.78, 5) is 8.28. The third kappa shape index (κ3) is 2.41. The van der Waals surface area contributed by atoms with Crippen molar-refractivity contribution in [2.75, 3.05) is 5.73 Å². The quantitative estimate of drug-likeness (QED) is 0.776. The number of hydrogen-bond acceptors (Lipinski definition) is 5. The molecular formula is C13H9ClN4O. The molecule has 0 bridgehead atoms. The van der Waals surface area contributed by atoms with E-state index in [1.807, 2.05) is 12.1 Å². The van der Waals surface area contributed by atoms with Crippen molar-refractivity contribution in [2.45, 2.75) is 0 Å². The fraction of sp³-hybridized carbons (Fsp3) is 0. The lowest BCUT2D eigenvalue weighted by Crippen LogP contribution is -1.89. The van der Waals surface area contributed by atoms with E-state index in [4.69, 9.17) is 21.9 Å². The lowest BCUT2D eigenvalue weighted by atomic mass is 10.2. The van der Waals surface area contributed by atoms with Gasteiger partial charge in [-0.2, -0.15) is 4.98 Å². The third-order valence-electron chi connectivity index (χ3n) is 2.54. The molecule has 0 saturated carbocycles. The summed E-state index contributed by atoms with van der Waals surface area (Å²) in [6.45, 7) is 0. The van der Waals surface area contributed by atoms with Crippen molar-refractivity contribution < 1.29 is 4.52 Å². The zero-order valence-corrected chi connectivity index (χ0v) is 10.5. The highest BCUT2D eigenvalue weighted by Gasteiger charge is 2.10. The van der Waals surface area contributed by atoms with E-state index in [2.05, 4.69) is 15.1 Å². The zero-order valence-electron chi connectivity index (χ0n) is 9.75. The summed E-state index contributed by atoms with van der Waals surface area (Å²) in [6, 6.07) is 10.7. The monoisotopic (exact) mass is 272 g/mol. The molecular weight excluding hydrogens is 264 g/mol. The fourth-order valence-electron chi connectivity index (χ4n) is 1.62. The molecule has 0 aliphatic carbocycles. The molecule has 6 heteroatoms. The van der Waals surface area contributed by atoms with Crippen molar-refractivity contribution in [1.82, 2.24) is 15.1 Å². The van der Waals surface area contributed by atoms with Crippen LogP contribution >= 0.6 is 11.6 Å². The van der Waals surface area contributed by atoms with Crippen LogP contribution in [0.1, 0.15) is 0 Å². The summed E-state index contributed by atoms with van der Waals surface area (Å²) < 4.78 is 5.20. The molecule has 0 radical (unpaired) electrons. The van der Waals surface area contributed by atoms with E-state index >= 15 is 0 Å². The van der Waals surface area contributed by atoms with Crippen LogP contribution in [0.15, 0.2) is 47.1 Å². The minimum absolute atomic E-state index is 0.391. The normalized spacial score (nSPS) is 10.6. The molecule has 3 rings (SSSR count). The summed E-state index contributed by atoms with van der Waals surface area (Å²) in [5.41, 5.74) is 7.04. The number of nitrogen functional groups attached to an aromatic ring is 1. The topological polar surface area (TPSA) is 77.8 Å². The van der Waals surface area contributed by atoms with Gasteiger partial charge in [-0.1, -0.05) is 28.9 Å². The van der Waals surface area contributed by atoms with Crippen molar-refractivity contribution >= 4 is 17.4 Å². The Bertz CT molecular complexity index is 709. The molecule has 2 N–H and O–H groups in total.